The minimum absolute atomic E-state index is 0.273. The van der Waals surface area contributed by atoms with Crippen molar-refractivity contribution in [3.63, 3.8) is 0 Å². The summed E-state index contributed by atoms with van der Waals surface area (Å²) in [4.78, 5) is 0. The molecular weight excluding hydrogens is 286 g/mol. The molecule has 2 N–H and O–H groups in total. The average Bonchev–Trinajstić information content (AvgIpc) is 2.46. The van der Waals surface area contributed by atoms with Gasteiger partial charge >= 0.3 is 0 Å². The summed E-state index contributed by atoms with van der Waals surface area (Å²) in [6.45, 7) is 4.41. The quantitative estimate of drug-likeness (QED) is 0.855. The third-order valence-electron chi connectivity index (χ3n) is 4.20. The van der Waals surface area contributed by atoms with E-state index in [1.54, 1.807) is 14.1 Å². The summed E-state index contributed by atoms with van der Waals surface area (Å²) in [6.07, 6.45) is 1.04. The van der Waals surface area contributed by atoms with E-state index in [9.17, 15) is 8.42 Å². The predicted octanol–water partition coefficient (Wildman–Crippen LogP) is 1.08. The lowest BCUT2D eigenvalue weighted by Crippen LogP contribution is -2.44. The van der Waals surface area contributed by atoms with Crippen molar-refractivity contribution in [2.24, 2.45) is 5.92 Å². The van der Waals surface area contributed by atoms with Crippen molar-refractivity contribution >= 4 is 10.2 Å². The van der Waals surface area contributed by atoms with E-state index in [4.69, 9.17) is 0 Å². The molecule has 5 nitrogen and oxygen atoms in total. The Morgan fingerprint density at radius 3 is 2.71 bits per heavy atom. The summed E-state index contributed by atoms with van der Waals surface area (Å²) in [5, 5.41) is 3.37. The normalized spacial score (nSPS) is 23.4. The fraction of sp³-hybridized carbons (Fsp3) is 0.600. The molecule has 0 aromatic heterocycles. The number of nitrogens with zero attached hydrogens (tertiary/aromatic N) is 1. The number of piperidine rings is 1. The van der Waals surface area contributed by atoms with E-state index < -0.39 is 10.2 Å². The minimum Gasteiger partial charge on any atom is -0.316 e. The van der Waals surface area contributed by atoms with E-state index in [1.165, 1.54) is 15.4 Å². The van der Waals surface area contributed by atoms with Gasteiger partial charge in [0.05, 0.1) is 0 Å². The lowest BCUT2D eigenvalue weighted by molar-refractivity contribution is 0.323. The van der Waals surface area contributed by atoms with Crippen LogP contribution in [0.4, 0.5) is 0 Å². The Bertz CT molecular complexity index is 572. The predicted molar refractivity (Wildman–Crippen MR) is 85.5 cm³/mol. The second-order valence-corrected chi connectivity index (χ2v) is 7.82. The van der Waals surface area contributed by atoms with Gasteiger partial charge in [-0.2, -0.15) is 12.7 Å². The van der Waals surface area contributed by atoms with E-state index in [2.05, 4.69) is 35.2 Å². The molecule has 0 saturated carbocycles. The molecule has 1 aromatic rings. The molecule has 1 aromatic carbocycles. The second kappa shape index (κ2) is 6.87. The van der Waals surface area contributed by atoms with Gasteiger partial charge in [0.25, 0.3) is 10.2 Å². The smallest absolute Gasteiger partial charge is 0.278 e. The first-order chi connectivity index (χ1) is 9.92. The van der Waals surface area contributed by atoms with E-state index in [1.807, 2.05) is 6.07 Å². The first kappa shape index (κ1) is 16.4. The molecule has 0 unspecified atom stereocenters. The summed E-state index contributed by atoms with van der Waals surface area (Å²) >= 11 is 0. The molecule has 0 bridgehead atoms. The molecule has 0 aliphatic carbocycles. The lowest BCUT2D eigenvalue weighted by atomic mass is 9.79. The molecule has 118 valence electrons. The fourth-order valence-electron chi connectivity index (χ4n) is 2.89. The maximum absolute atomic E-state index is 11.9. The average molecular weight is 311 g/mol. The highest BCUT2D eigenvalue weighted by molar-refractivity contribution is 7.87. The molecule has 1 saturated heterocycles. The second-order valence-electron chi connectivity index (χ2n) is 5.85. The van der Waals surface area contributed by atoms with Gasteiger partial charge in [0.2, 0.25) is 0 Å². The first-order valence-electron chi connectivity index (χ1n) is 7.35. The van der Waals surface area contributed by atoms with Gasteiger partial charge in [0.15, 0.2) is 0 Å². The molecule has 2 atom stereocenters. The van der Waals surface area contributed by atoms with Crippen molar-refractivity contribution in [2.45, 2.75) is 19.3 Å². The van der Waals surface area contributed by atoms with Gasteiger partial charge in [-0.25, -0.2) is 4.72 Å². The summed E-state index contributed by atoms with van der Waals surface area (Å²) in [6, 6.07) is 8.40. The highest BCUT2D eigenvalue weighted by Crippen LogP contribution is 2.32. The maximum atomic E-state index is 11.9. The van der Waals surface area contributed by atoms with Gasteiger partial charge < -0.3 is 5.32 Å². The van der Waals surface area contributed by atoms with Gasteiger partial charge in [0, 0.05) is 20.6 Å². The van der Waals surface area contributed by atoms with Crippen LogP contribution in [0.2, 0.25) is 0 Å². The Labute approximate surface area is 127 Å². The van der Waals surface area contributed by atoms with Gasteiger partial charge in [-0.15, -0.1) is 0 Å². The molecule has 1 heterocycles. The van der Waals surface area contributed by atoms with Gasteiger partial charge in [-0.1, -0.05) is 24.3 Å². The van der Waals surface area contributed by atoms with Crippen LogP contribution in [0.1, 0.15) is 23.5 Å². The number of aryl methyl sites for hydroxylation is 1. The third-order valence-corrected chi connectivity index (χ3v) is 5.70. The van der Waals surface area contributed by atoms with Crippen LogP contribution in [0, 0.1) is 12.8 Å². The zero-order valence-corrected chi connectivity index (χ0v) is 13.8. The molecule has 6 heteroatoms. The monoisotopic (exact) mass is 311 g/mol. The van der Waals surface area contributed by atoms with Crippen molar-refractivity contribution in [1.82, 2.24) is 14.3 Å². The Morgan fingerprint density at radius 1 is 1.33 bits per heavy atom. The molecule has 2 rings (SSSR count). The highest BCUT2D eigenvalue weighted by Gasteiger charge is 2.28. The van der Waals surface area contributed by atoms with Gasteiger partial charge in [-0.05, 0) is 49.4 Å². The van der Waals surface area contributed by atoms with E-state index in [0.717, 1.165) is 19.5 Å². The molecule has 0 radical (unpaired) electrons. The van der Waals surface area contributed by atoms with E-state index >= 15 is 0 Å². The highest BCUT2D eigenvalue weighted by atomic mass is 32.2. The van der Waals surface area contributed by atoms with Gasteiger partial charge in [-0.3, -0.25) is 0 Å². The topological polar surface area (TPSA) is 61.4 Å². The van der Waals surface area contributed by atoms with Gasteiger partial charge in [0.1, 0.15) is 0 Å². The largest absolute Gasteiger partial charge is 0.316 e. The molecule has 0 spiro atoms. The summed E-state index contributed by atoms with van der Waals surface area (Å²) in [7, 11) is -0.274. The molecule has 1 fully saturated rings. The number of benzene rings is 1. The Hall–Kier alpha value is -0.950. The van der Waals surface area contributed by atoms with Crippen LogP contribution in [-0.2, 0) is 10.2 Å². The summed E-state index contributed by atoms with van der Waals surface area (Å²) in [5.74, 6) is 0.673. The standard InChI is InChI=1S/C15H25N3O2S/c1-12-6-4-5-7-14(12)15-8-9-16-10-13(15)11-17-21(19,20)18(2)3/h4-7,13,15-17H,8-11H2,1-3H3/t13-,15+/m1/s1. The van der Waals surface area contributed by atoms with E-state index in [-0.39, 0.29) is 5.92 Å². The minimum atomic E-state index is -3.36. The zero-order valence-electron chi connectivity index (χ0n) is 13.0. The molecule has 1 aliphatic heterocycles. The van der Waals surface area contributed by atoms with Crippen molar-refractivity contribution < 1.29 is 8.42 Å². The summed E-state index contributed by atoms with van der Waals surface area (Å²) in [5.41, 5.74) is 2.62. The number of hydrogen-bond donors (Lipinski definition) is 2. The van der Waals surface area contributed by atoms with Crippen LogP contribution in [0.15, 0.2) is 24.3 Å². The SMILES string of the molecule is Cc1ccccc1[C@H]1CCNC[C@@H]1CNS(=O)(=O)N(C)C. The van der Waals surface area contributed by atoms with Crippen LogP contribution in [0.5, 0.6) is 0 Å². The summed E-state index contributed by atoms with van der Waals surface area (Å²) < 4.78 is 27.7. The lowest BCUT2D eigenvalue weighted by Gasteiger charge is -2.33. The Balaban J connectivity index is 2.12. The Morgan fingerprint density at radius 2 is 2.05 bits per heavy atom. The molecule has 21 heavy (non-hydrogen) atoms. The van der Waals surface area contributed by atoms with Crippen LogP contribution in [0.3, 0.4) is 0 Å². The first-order valence-corrected chi connectivity index (χ1v) is 8.79. The number of rotatable bonds is 5. The van der Waals surface area contributed by atoms with Crippen molar-refractivity contribution in [3.8, 4) is 0 Å². The van der Waals surface area contributed by atoms with Crippen molar-refractivity contribution in [3.05, 3.63) is 35.4 Å². The van der Waals surface area contributed by atoms with Crippen LogP contribution in [0.25, 0.3) is 0 Å². The molecular formula is C15H25N3O2S. The molecule has 1 aliphatic rings. The number of hydrogen-bond acceptors (Lipinski definition) is 3. The maximum Gasteiger partial charge on any atom is 0.278 e. The fourth-order valence-corrected chi connectivity index (χ4v) is 3.57. The molecule has 0 amide bonds. The van der Waals surface area contributed by atoms with Crippen LogP contribution < -0.4 is 10.0 Å². The van der Waals surface area contributed by atoms with Crippen molar-refractivity contribution in [1.29, 1.82) is 0 Å². The Kier molecular flexibility index (Phi) is 5.37. The van der Waals surface area contributed by atoms with Crippen LogP contribution in [-0.4, -0.2) is 46.5 Å². The van der Waals surface area contributed by atoms with Crippen molar-refractivity contribution in [2.75, 3.05) is 33.7 Å². The third kappa shape index (κ3) is 4.03. The number of nitrogens with one attached hydrogen (secondary N) is 2. The van der Waals surface area contributed by atoms with E-state index in [0.29, 0.717) is 12.5 Å². The zero-order chi connectivity index (χ0) is 15.5. The van der Waals surface area contributed by atoms with Crippen LogP contribution >= 0.6 is 0 Å².